The van der Waals surface area contributed by atoms with E-state index in [1.807, 2.05) is 0 Å². The van der Waals surface area contributed by atoms with E-state index in [1.165, 1.54) is 32.4 Å². The van der Waals surface area contributed by atoms with Crippen LogP contribution in [0.3, 0.4) is 0 Å². The summed E-state index contributed by atoms with van der Waals surface area (Å²) in [6, 6.07) is 0. The number of hydrogen-bond acceptors (Lipinski definition) is 3. The Morgan fingerprint density at radius 3 is 2.47 bits per heavy atom. The highest BCUT2D eigenvalue weighted by atomic mass is 16.2. The fourth-order valence-electron chi connectivity index (χ4n) is 3.32. The molecule has 1 aliphatic heterocycles. The van der Waals surface area contributed by atoms with Gasteiger partial charge >= 0.3 is 0 Å². The van der Waals surface area contributed by atoms with Crippen molar-refractivity contribution in [3.63, 3.8) is 0 Å². The van der Waals surface area contributed by atoms with Gasteiger partial charge in [0.05, 0.1) is 5.54 Å². The van der Waals surface area contributed by atoms with Crippen LogP contribution in [0, 0.1) is 5.92 Å². The molecule has 2 rings (SSSR count). The van der Waals surface area contributed by atoms with E-state index in [1.54, 1.807) is 0 Å². The van der Waals surface area contributed by atoms with E-state index in [-0.39, 0.29) is 5.91 Å². The van der Waals surface area contributed by atoms with Crippen molar-refractivity contribution < 1.29 is 4.79 Å². The SMILES string of the molecule is CC(CNC(=O)C1(N)CCCCC1)CN1CCCC1. The molecule has 2 fully saturated rings. The highest BCUT2D eigenvalue weighted by Gasteiger charge is 2.35. The Bertz CT molecular complexity index is 294. The van der Waals surface area contributed by atoms with Gasteiger partial charge < -0.3 is 16.0 Å². The zero-order chi connectivity index (χ0) is 13.7. The monoisotopic (exact) mass is 267 g/mol. The molecule has 0 bridgehead atoms. The molecule has 1 saturated heterocycles. The van der Waals surface area contributed by atoms with Crippen LogP contribution in [-0.2, 0) is 4.79 Å². The van der Waals surface area contributed by atoms with E-state index < -0.39 is 5.54 Å². The first-order valence-electron chi connectivity index (χ1n) is 7.90. The first-order valence-corrected chi connectivity index (χ1v) is 7.90. The quantitative estimate of drug-likeness (QED) is 0.793. The molecule has 1 heterocycles. The number of nitrogens with one attached hydrogen (secondary N) is 1. The van der Waals surface area contributed by atoms with Crippen molar-refractivity contribution in [3.05, 3.63) is 0 Å². The maximum absolute atomic E-state index is 12.2. The lowest BCUT2D eigenvalue weighted by atomic mass is 9.82. The van der Waals surface area contributed by atoms with Crippen molar-refractivity contribution in [2.45, 2.75) is 57.4 Å². The van der Waals surface area contributed by atoms with Gasteiger partial charge in [0.25, 0.3) is 0 Å². The summed E-state index contributed by atoms with van der Waals surface area (Å²) in [6.45, 7) is 6.51. The van der Waals surface area contributed by atoms with E-state index in [0.717, 1.165) is 38.8 Å². The van der Waals surface area contributed by atoms with Crippen LogP contribution in [0.1, 0.15) is 51.9 Å². The average Bonchev–Trinajstić information content (AvgIpc) is 2.89. The highest BCUT2D eigenvalue weighted by Crippen LogP contribution is 2.25. The summed E-state index contributed by atoms with van der Waals surface area (Å²) in [4.78, 5) is 14.7. The van der Waals surface area contributed by atoms with E-state index >= 15 is 0 Å². The van der Waals surface area contributed by atoms with E-state index in [4.69, 9.17) is 5.73 Å². The number of likely N-dealkylation sites (tertiary alicyclic amines) is 1. The molecular formula is C15H29N3O. The molecule has 0 spiro atoms. The summed E-state index contributed by atoms with van der Waals surface area (Å²) in [6.07, 6.45) is 7.74. The number of rotatable bonds is 5. The molecule has 4 nitrogen and oxygen atoms in total. The second kappa shape index (κ2) is 6.71. The first-order chi connectivity index (χ1) is 9.10. The number of carbonyl (C=O) groups excluding carboxylic acids is 1. The Hall–Kier alpha value is -0.610. The minimum atomic E-state index is -0.592. The predicted octanol–water partition coefficient (Wildman–Crippen LogP) is 1.50. The topological polar surface area (TPSA) is 58.4 Å². The zero-order valence-corrected chi connectivity index (χ0v) is 12.3. The van der Waals surface area contributed by atoms with Crippen molar-refractivity contribution >= 4 is 5.91 Å². The molecule has 1 amide bonds. The maximum Gasteiger partial charge on any atom is 0.240 e. The largest absolute Gasteiger partial charge is 0.354 e. The molecule has 0 aromatic carbocycles. The van der Waals surface area contributed by atoms with E-state index in [0.29, 0.717) is 5.92 Å². The van der Waals surface area contributed by atoms with Crippen LogP contribution in [0.25, 0.3) is 0 Å². The molecule has 3 N–H and O–H groups in total. The van der Waals surface area contributed by atoms with Crippen molar-refractivity contribution in [2.24, 2.45) is 11.7 Å². The Balaban J connectivity index is 1.69. The minimum Gasteiger partial charge on any atom is -0.354 e. The molecule has 0 aromatic heterocycles. The molecule has 1 aliphatic carbocycles. The third kappa shape index (κ3) is 4.18. The van der Waals surface area contributed by atoms with Gasteiger partial charge in [-0.1, -0.05) is 26.2 Å². The second-order valence-corrected chi connectivity index (χ2v) is 6.54. The Labute approximate surface area is 117 Å². The molecule has 2 aliphatic rings. The van der Waals surface area contributed by atoms with Gasteiger partial charge in [0.15, 0.2) is 0 Å². The molecule has 110 valence electrons. The van der Waals surface area contributed by atoms with Crippen LogP contribution in [0.15, 0.2) is 0 Å². The average molecular weight is 267 g/mol. The van der Waals surface area contributed by atoms with Crippen molar-refractivity contribution in [1.29, 1.82) is 0 Å². The number of amides is 1. The predicted molar refractivity (Wildman–Crippen MR) is 77.9 cm³/mol. The summed E-state index contributed by atoms with van der Waals surface area (Å²) in [5.74, 6) is 0.578. The van der Waals surface area contributed by atoms with E-state index in [9.17, 15) is 4.79 Å². The van der Waals surface area contributed by atoms with Crippen LogP contribution >= 0.6 is 0 Å². The Kier molecular flexibility index (Phi) is 5.22. The summed E-state index contributed by atoms with van der Waals surface area (Å²) >= 11 is 0. The van der Waals surface area contributed by atoms with Crippen LogP contribution < -0.4 is 11.1 Å². The molecule has 0 aromatic rings. The van der Waals surface area contributed by atoms with Gasteiger partial charge in [-0.15, -0.1) is 0 Å². The number of nitrogens with two attached hydrogens (primary N) is 1. The summed E-state index contributed by atoms with van der Waals surface area (Å²) in [7, 11) is 0. The number of nitrogens with zero attached hydrogens (tertiary/aromatic N) is 1. The first kappa shape index (κ1) is 14.8. The Morgan fingerprint density at radius 2 is 1.84 bits per heavy atom. The fraction of sp³-hybridized carbons (Fsp3) is 0.933. The van der Waals surface area contributed by atoms with Crippen molar-refractivity contribution in [2.75, 3.05) is 26.2 Å². The lowest BCUT2D eigenvalue weighted by molar-refractivity contribution is -0.127. The third-order valence-corrected chi connectivity index (χ3v) is 4.58. The van der Waals surface area contributed by atoms with Crippen LogP contribution in [0.4, 0.5) is 0 Å². The number of hydrogen-bond donors (Lipinski definition) is 2. The fourth-order valence-corrected chi connectivity index (χ4v) is 3.32. The normalized spacial score (nSPS) is 25.2. The molecular weight excluding hydrogens is 238 g/mol. The molecule has 1 unspecified atom stereocenters. The van der Waals surface area contributed by atoms with Gasteiger partial charge in [-0.2, -0.15) is 0 Å². The summed E-state index contributed by atoms with van der Waals surface area (Å²) in [5.41, 5.74) is 5.64. The molecule has 1 atom stereocenters. The van der Waals surface area contributed by atoms with Gasteiger partial charge in [-0.25, -0.2) is 0 Å². The van der Waals surface area contributed by atoms with Gasteiger partial charge in [0, 0.05) is 13.1 Å². The van der Waals surface area contributed by atoms with Crippen LogP contribution in [0.5, 0.6) is 0 Å². The van der Waals surface area contributed by atoms with Crippen molar-refractivity contribution in [3.8, 4) is 0 Å². The second-order valence-electron chi connectivity index (χ2n) is 6.54. The smallest absolute Gasteiger partial charge is 0.240 e. The Morgan fingerprint density at radius 1 is 1.21 bits per heavy atom. The standard InChI is InChI=1S/C15H29N3O/c1-13(12-18-9-5-6-10-18)11-17-14(19)15(16)7-3-2-4-8-15/h13H,2-12,16H2,1H3,(H,17,19). The van der Waals surface area contributed by atoms with Crippen molar-refractivity contribution in [1.82, 2.24) is 10.2 Å². The van der Waals surface area contributed by atoms with E-state index in [2.05, 4.69) is 17.1 Å². The molecule has 1 saturated carbocycles. The summed E-state index contributed by atoms with van der Waals surface area (Å²) in [5, 5.41) is 3.08. The summed E-state index contributed by atoms with van der Waals surface area (Å²) < 4.78 is 0. The van der Waals surface area contributed by atoms with Gasteiger partial charge in [0.1, 0.15) is 0 Å². The maximum atomic E-state index is 12.2. The van der Waals surface area contributed by atoms with Gasteiger partial charge in [-0.05, 0) is 44.7 Å². The van der Waals surface area contributed by atoms with Gasteiger partial charge in [-0.3, -0.25) is 4.79 Å². The van der Waals surface area contributed by atoms with Crippen LogP contribution in [0.2, 0.25) is 0 Å². The highest BCUT2D eigenvalue weighted by molar-refractivity contribution is 5.86. The molecule has 4 heteroatoms. The molecule has 0 radical (unpaired) electrons. The molecule has 19 heavy (non-hydrogen) atoms. The lowest BCUT2D eigenvalue weighted by Gasteiger charge is -2.32. The number of carbonyl (C=O) groups is 1. The van der Waals surface area contributed by atoms with Crippen LogP contribution in [-0.4, -0.2) is 42.5 Å². The zero-order valence-electron chi connectivity index (χ0n) is 12.3. The third-order valence-electron chi connectivity index (χ3n) is 4.58. The lowest BCUT2D eigenvalue weighted by Crippen LogP contribution is -2.55. The van der Waals surface area contributed by atoms with Gasteiger partial charge in [0.2, 0.25) is 5.91 Å². The minimum absolute atomic E-state index is 0.0699.